The van der Waals surface area contributed by atoms with E-state index in [4.69, 9.17) is 4.74 Å². The van der Waals surface area contributed by atoms with Gasteiger partial charge in [-0.1, -0.05) is 28.1 Å². The molecule has 0 aliphatic rings. The van der Waals surface area contributed by atoms with Gasteiger partial charge in [0.05, 0.1) is 13.7 Å². The van der Waals surface area contributed by atoms with Crippen LogP contribution < -0.4 is 15.4 Å². The summed E-state index contributed by atoms with van der Waals surface area (Å²) in [7, 11) is 1.61. The molecule has 0 saturated carbocycles. The summed E-state index contributed by atoms with van der Waals surface area (Å²) in [5, 5.41) is 5.40. The molecule has 0 aliphatic carbocycles. The van der Waals surface area contributed by atoms with Crippen LogP contribution in [0.2, 0.25) is 0 Å². The summed E-state index contributed by atoms with van der Waals surface area (Å²) in [6, 6.07) is 13.1. The van der Waals surface area contributed by atoms with Gasteiger partial charge < -0.3 is 15.4 Å². The first-order chi connectivity index (χ1) is 12.0. The molecule has 0 radical (unpaired) electrons. The van der Waals surface area contributed by atoms with Crippen molar-refractivity contribution in [1.29, 1.82) is 0 Å². The van der Waals surface area contributed by atoms with Crippen molar-refractivity contribution < 1.29 is 14.3 Å². The van der Waals surface area contributed by atoms with Gasteiger partial charge in [-0.2, -0.15) is 0 Å². The first-order valence-electron chi connectivity index (χ1n) is 7.93. The van der Waals surface area contributed by atoms with E-state index in [-0.39, 0.29) is 18.4 Å². The smallest absolute Gasteiger partial charge is 0.243 e. The lowest BCUT2D eigenvalue weighted by Crippen LogP contribution is -2.32. The molecule has 25 heavy (non-hydrogen) atoms. The number of benzene rings is 2. The number of amides is 2. The van der Waals surface area contributed by atoms with E-state index in [1.54, 1.807) is 13.2 Å². The number of rotatable bonds is 7. The predicted molar refractivity (Wildman–Crippen MR) is 102 cm³/mol. The highest BCUT2D eigenvalue weighted by atomic mass is 79.9. The standard InChI is InChI=1S/C19H21BrN2O3/c1-13-10-15(7-8-17(13)20)22-19(24)12-21-18(23)9-6-14-4-3-5-16(11-14)25-2/h3-5,7-8,10-11H,6,9,12H2,1-2H3,(H,21,23)(H,22,24). The molecule has 2 aromatic rings. The molecule has 0 unspecified atom stereocenters. The second kappa shape index (κ2) is 9.22. The minimum absolute atomic E-state index is 0.0495. The quantitative estimate of drug-likeness (QED) is 0.742. The van der Waals surface area contributed by atoms with Crippen molar-refractivity contribution in [2.24, 2.45) is 0 Å². The summed E-state index contributed by atoms with van der Waals surface area (Å²) in [6.45, 7) is 1.89. The fourth-order valence-corrected chi connectivity index (χ4v) is 2.53. The average Bonchev–Trinajstić information content (AvgIpc) is 2.61. The van der Waals surface area contributed by atoms with E-state index in [1.807, 2.05) is 43.3 Å². The summed E-state index contributed by atoms with van der Waals surface area (Å²) in [6.07, 6.45) is 0.911. The Balaban J connectivity index is 1.75. The maximum absolute atomic E-state index is 11.9. The lowest BCUT2D eigenvalue weighted by atomic mass is 10.1. The molecule has 0 bridgehead atoms. The molecule has 0 aliphatic heterocycles. The van der Waals surface area contributed by atoms with Crippen molar-refractivity contribution >= 4 is 33.4 Å². The topological polar surface area (TPSA) is 67.4 Å². The van der Waals surface area contributed by atoms with Crippen molar-refractivity contribution in [2.75, 3.05) is 19.0 Å². The summed E-state index contributed by atoms with van der Waals surface area (Å²) < 4.78 is 6.14. The fourth-order valence-electron chi connectivity index (χ4n) is 2.28. The number of nitrogens with one attached hydrogen (secondary N) is 2. The van der Waals surface area contributed by atoms with E-state index >= 15 is 0 Å². The number of carbonyl (C=O) groups excluding carboxylic acids is 2. The van der Waals surface area contributed by atoms with E-state index in [1.165, 1.54) is 0 Å². The fraction of sp³-hybridized carbons (Fsp3) is 0.263. The first-order valence-corrected chi connectivity index (χ1v) is 8.73. The van der Waals surface area contributed by atoms with Crippen LogP contribution in [0.5, 0.6) is 5.75 Å². The third-order valence-corrected chi connectivity index (χ3v) is 4.55. The zero-order valence-electron chi connectivity index (χ0n) is 14.3. The summed E-state index contributed by atoms with van der Waals surface area (Å²) >= 11 is 3.41. The van der Waals surface area contributed by atoms with Crippen molar-refractivity contribution in [2.45, 2.75) is 19.8 Å². The zero-order valence-corrected chi connectivity index (χ0v) is 15.9. The van der Waals surface area contributed by atoms with E-state index in [2.05, 4.69) is 26.6 Å². The third-order valence-electron chi connectivity index (χ3n) is 3.66. The molecule has 0 spiro atoms. The van der Waals surface area contributed by atoms with Crippen LogP contribution in [0, 0.1) is 6.92 Å². The van der Waals surface area contributed by atoms with Crippen LogP contribution in [0.1, 0.15) is 17.5 Å². The molecule has 0 atom stereocenters. The molecule has 2 aromatic carbocycles. The average molecular weight is 405 g/mol. The molecular formula is C19H21BrN2O3. The number of hydrogen-bond acceptors (Lipinski definition) is 3. The molecule has 0 saturated heterocycles. The van der Waals surface area contributed by atoms with Crippen molar-refractivity contribution in [3.63, 3.8) is 0 Å². The Bertz CT molecular complexity index is 762. The van der Waals surface area contributed by atoms with Gasteiger partial charge in [-0.25, -0.2) is 0 Å². The van der Waals surface area contributed by atoms with Gasteiger partial charge in [0.1, 0.15) is 5.75 Å². The SMILES string of the molecule is COc1cccc(CCC(=O)NCC(=O)Nc2ccc(Br)c(C)c2)c1. The molecule has 6 heteroatoms. The molecule has 0 aromatic heterocycles. The molecule has 0 fully saturated rings. The van der Waals surface area contributed by atoms with E-state index in [0.717, 1.165) is 21.3 Å². The Kier molecular flexibility index (Phi) is 7.01. The highest BCUT2D eigenvalue weighted by molar-refractivity contribution is 9.10. The van der Waals surface area contributed by atoms with Gasteiger partial charge in [-0.3, -0.25) is 9.59 Å². The van der Waals surface area contributed by atoms with E-state index in [9.17, 15) is 9.59 Å². The first kappa shape index (κ1) is 19.0. The van der Waals surface area contributed by atoms with Crippen molar-refractivity contribution in [1.82, 2.24) is 5.32 Å². The van der Waals surface area contributed by atoms with E-state index < -0.39 is 0 Å². The minimum Gasteiger partial charge on any atom is -0.497 e. The number of hydrogen-bond donors (Lipinski definition) is 2. The number of aryl methyl sites for hydroxylation is 2. The maximum atomic E-state index is 11.9. The Labute approximate surface area is 155 Å². The number of halogens is 1. The Morgan fingerprint density at radius 1 is 1.12 bits per heavy atom. The molecule has 2 rings (SSSR count). The van der Waals surface area contributed by atoms with Gasteiger partial charge in [-0.05, 0) is 54.8 Å². The Morgan fingerprint density at radius 2 is 1.92 bits per heavy atom. The molecule has 132 valence electrons. The van der Waals surface area contributed by atoms with Crippen molar-refractivity contribution in [3.05, 3.63) is 58.1 Å². The number of carbonyl (C=O) groups is 2. The van der Waals surface area contributed by atoms with Crippen molar-refractivity contribution in [3.8, 4) is 5.75 Å². The number of anilines is 1. The van der Waals surface area contributed by atoms with Crippen LogP contribution in [-0.4, -0.2) is 25.5 Å². The van der Waals surface area contributed by atoms with Gasteiger partial charge in [0.2, 0.25) is 11.8 Å². The summed E-state index contributed by atoms with van der Waals surface area (Å²) in [4.78, 5) is 23.8. The van der Waals surface area contributed by atoms with Gasteiger partial charge in [0, 0.05) is 16.6 Å². The second-order valence-corrected chi connectivity index (χ2v) is 6.49. The Hall–Kier alpha value is -2.34. The normalized spacial score (nSPS) is 10.2. The van der Waals surface area contributed by atoms with E-state index in [0.29, 0.717) is 18.5 Å². The van der Waals surface area contributed by atoms with Crippen LogP contribution in [0.4, 0.5) is 5.69 Å². The summed E-state index contributed by atoms with van der Waals surface area (Å²) in [5.74, 6) is 0.350. The molecule has 2 amide bonds. The monoisotopic (exact) mass is 404 g/mol. The van der Waals surface area contributed by atoms with Gasteiger partial charge in [0.25, 0.3) is 0 Å². The minimum atomic E-state index is -0.253. The largest absolute Gasteiger partial charge is 0.497 e. The van der Waals surface area contributed by atoms with Crippen LogP contribution in [0.3, 0.4) is 0 Å². The van der Waals surface area contributed by atoms with Crippen LogP contribution in [-0.2, 0) is 16.0 Å². The molecule has 5 nitrogen and oxygen atoms in total. The highest BCUT2D eigenvalue weighted by Crippen LogP contribution is 2.19. The van der Waals surface area contributed by atoms with Gasteiger partial charge in [-0.15, -0.1) is 0 Å². The van der Waals surface area contributed by atoms with Gasteiger partial charge in [0.15, 0.2) is 0 Å². The predicted octanol–water partition coefficient (Wildman–Crippen LogP) is 3.45. The van der Waals surface area contributed by atoms with Crippen LogP contribution in [0.25, 0.3) is 0 Å². The Morgan fingerprint density at radius 3 is 2.64 bits per heavy atom. The molecule has 2 N–H and O–H groups in total. The maximum Gasteiger partial charge on any atom is 0.243 e. The second-order valence-electron chi connectivity index (χ2n) is 5.64. The zero-order chi connectivity index (χ0) is 18.2. The summed E-state index contributed by atoms with van der Waals surface area (Å²) in [5.41, 5.74) is 2.75. The van der Waals surface area contributed by atoms with Gasteiger partial charge >= 0.3 is 0 Å². The molecular weight excluding hydrogens is 384 g/mol. The number of ether oxygens (including phenoxy) is 1. The molecule has 0 heterocycles. The third kappa shape index (κ3) is 6.23. The van der Waals surface area contributed by atoms with Crippen LogP contribution in [0.15, 0.2) is 46.9 Å². The lowest BCUT2D eigenvalue weighted by Gasteiger charge is -2.09. The lowest BCUT2D eigenvalue weighted by molar-refractivity contribution is -0.124. The van der Waals surface area contributed by atoms with Crippen LogP contribution >= 0.6 is 15.9 Å². The highest BCUT2D eigenvalue weighted by Gasteiger charge is 2.07. The number of methoxy groups -OCH3 is 1.